The minimum Gasteiger partial charge on any atom is -0.464 e. The first-order chi connectivity index (χ1) is 8.69. The molecule has 0 unspecified atom stereocenters. The molecule has 4 nitrogen and oxygen atoms in total. The molecule has 0 saturated carbocycles. The van der Waals surface area contributed by atoms with E-state index in [9.17, 15) is 9.59 Å². The fourth-order valence-electron chi connectivity index (χ4n) is 1.84. The molecule has 96 valence electrons. The fraction of sp³-hybridized carbons (Fsp3) is 0.385. The highest BCUT2D eigenvalue weighted by Gasteiger charge is 2.27. The summed E-state index contributed by atoms with van der Waals surface area (Å²) in [5.41, 5.74) is 0.950. The molecule has 5 heteroatoms. The Hall–Kier alpha value is -1.49. The zero-order valence-electron chi connectivity index (χ0n) is 10.1. The highest BCUT2D eigenvalue weighted by atomic mass is 32.2. The van der Waals surface area contributed by atoms with Crippen LogP contribution in [0.2, 0.25) is 0 Å². The van der Waals surface area contributed by atoms with E-state index in [1.165, 1.54) is 0 Å². The molecule has 1 N–H and O–H groups in total. The number of hydrogen-bond acceptors (Lipinski definition) is 4. The van der Waals surface area contributed by atoms with Crippen LogP contribution >= 0.6 is 11.8 Å². The topological polar surface area (TPSA) is 55.4 Å². The van der Waals surface area contributed by atoms with Gasteiger partial charge in [-0.15, -0.1) is 11.8 Å². The Bertz CT molecular complexity index is 461. The molecule has 2 rings (SSSR count). The zero-order valence-corrected chi connectivity index (χ0v) is 11.0. The summed E-state index contributed by atoms with van der Waals surface area (Å²) in [6.07, 6.45) is 2.85. The van der Waals surface area contributed by atoms with Crippen molar-refractivity contribution in [2.75, 3.05) is 12.9 Å². The van der Waals surface area contributed by atoms with Gasteiger partial charge in [0, 0.05) is 11.3 Å². The summed E-state index contributed by atoms with van der Waals surface area (Å²) in [6, 6.07) is 7.35. The number of benzene rings is 1. The smallest absolute Gasteiger partial charge is 0.328 e. The second-order valence-corrected chi connectivity index (χ2v) is 4.98. The Morgan fingerprint density at radius 2 is 2.39 bits per heavy atom. The van der Waals surface area contributed by atoms with Crippen molar-refractivity contribution in [3.63, 3.8) is 0 Å². The minimum atomic E-state index is -0.471. The predicted molar refractivity (Wildman–Crippen MR) is 69.4 cm³/mol. The van der Waals surface area contributed by atoms with Gasteiger partial charge >= 0.3 is 5.97 Å². The molecule has 1 atom stereocenters. The van der Waals surface area contributed by atoms with Crippen LogP contribution in [0.1, 0.15) is 12.0 Å². The average molecular weight is 265 g/mol. The third-order valence-corrected chi connectivity index (χ3v) is 3.49. The molecule has 1 fully saturated rings. The summed E-state index contributed by atoms with van der Waals surface area (Å²) in [4.78, 5) is 24.1. The van der Waals surface area contributed by atoms with Gasteiger partial charge < -0.3 is 10.1 Å². The molecule has 1 aromatic carbocycles. The van der Waals surface area contributed by atoms with Crippen LogP contribution in [-0.4, -0.2) is 30.8 Å². The fourth-order valence-corrected chi connectivity index (χ4v) is 2.32. The van der Waals surface area contributed by atoms with Crippen LogP contribution < -0.4 is 5.32 Å². The van der Waals surface area contributed by atoms with Crippen molar-refractivity contribution in [1.29, 1.82) is 0 Å². The maximum Gasteiger partial charge on any atom is 0.328 e. The number of amides is 1. The van der Waals surface area contributed by atoms with E-state index >= 15 is 0 Å². The maximum atomic E-state index is 11.8. The van der Waals surface area contributed by atoms with E-state index in [0.29, 0.717) is 13.0 Å². The molecule has 1 amide bonds. The SMILES string of the molecule is CSc1cccc(CC(=O)N[C@@H]2CCOC2=O)c1. The third kappa shape index (κ3) is 3.26. The van der Waals surface area contributed by atoms with E-state index in [0.717, 1.165) is 10.5 Å². The number of cyclic esters (lactones) is 1. The first-order valence-corrected chi connectivity index (χ1v) is 7.00. The van der Waals surface area contributed by atoms with Crippen molar-refractivity contribution in [3.8, 4) is 0 Å². The Balaban J connectivity index is 1.92. The van der Waals surface area contributed by atoms with Gasteiger partial charge in [-0.3, -0.25) is 4.79 Å². The summed E-state index contributed by atoms with van der Waals surface area (Å²) in [6.45, 7) is 0.395. The molecule has 18 heavy (non-hydrogen) atoms. The normalized spacial score (nSPS) is 18.5. The van der Waals surface area contributed by atoms with Crippen molar-refractivity contribution in [2.24, 2.45) is 0 Å². The Morgan fingerprint density at radius 1 is 1.56 bits per heavy atom. The number of esters is 1. The molecular formula is C13H15NO3S. The van der Waals surface area contributed by atoms with Gasteiger partial charge in [0.2, 0.25) is 5.91 Å². The highest BCUT2D eigenvalue weighted by molar-refractivity contribution is 7.98. The highest BCUT2D eigenvalue weighted by Crippen LogP contribution is 2.16. The zero-order chi connectivity index (χ0) is 13.0. The summed E-state index contributed by atoms with van der Waals surface area (Å²) >= 11 is 1.64. The molecule has 1 heterocycles. The van der Waals surface area contributed by atoms with Crippen molar-refractivity contribution < 1.29 is 14.3 Å². The molecular weight excluding hydrogens is 250 g/mol. The lowest BCUT2D eigenvalue weighted by atomic mass is 10.1. The summed E-state index contributed by atoms with van der Waals surface area (Å²) in [7, 11) is 0. The standard InChI is InChI=1S/C13H15NO3S/c1-18-10-4-2-3-9(7-10)8-12(15)14-11-5-6-17-13(11)16/h2-4,7,11H,5-6,8H2,1H3,(H,14,15)/t11-/m1/s1. The monoisotopic (exact) mass is 265 g/mol. The van der Waals surface area contributed by atoms with Gasteiger partial charge in [-0.1, -0.05) is 12.1 Å². The van der Waals surface area contributed by atoms with E-state index in [-0.39, 0.29) is 18.3 Å². The lowest BCUT2D eigenvalue weighted by Crippen LogP contribution is -2.38. The average Bonchev–Trinajstić information content (AvgIpc) is 2.75. The van der Waals surface area contributed by atoms with E-state index in [1.807, 2.05) is 30.5 Å². The van der Waals surface area contributed by atoms with Crippen molar-refractivity contribution >= 4 is 23.6 Å². The van der Waals surface area contributed by atoms with Crippen molar-refractivity contribution in [3.05, 3.63) is 29.8 Å². The Morgan fingerprint density at radius 3 is 3.06 bits per heavy atom. The van der Waals surface area contributed by atoms with Crippen LogP contribution in [0.5, 0.6) is 0 Å². The minimum absolute atomic E-state index is 0.142. The molecule has 1 aliphatic heterocycles. The van der Waals surface area contributed by atoms with Crippen molar-refractivity contribution in [1.82, 2.24) is 5.32 Å². The van der Waals surface area contributed by atoms with Gasteiger partial charge in [0.1, 0.15) is 6.04 Å². The van der Waals surface area contributed by atoms with E-state index in [2.05, 4.69) is 5.32 Å². The van der Waals surface area contributed by atoms with Gasteiger partial charge in [0.05, 0.1) is 13.0 Å². The molecule has 0 spiro atoms. The Labute approximate surface area is 110 Å². The number of carbonyl (C=O) groups is 2. The van der Waals surface area contributed by atoms with E-state index in [4.69, 9.17) is 4.74 Å². The van der Waals surface area contributed by atoms with Crippen LogP contribution in [0, 0.1) is 0 Å². The molecule has 1 aromatic rings. The van der Waals surface area contributed by atoms with Gasteiger partial charge in [-0.05, 0) is 24.0 Å². The predicted octanol–water partition coefficient (Wildman–Crippen LogP) is 1.38. The van der Waals surface area contributed by atoms with Crippen LogP contribution in [0.3, 0.4) is 0 Å². The lowest BCUT2D eigenvalue weighted by molar-refractivity contribution is -0.141. The van der Waals surface area contributed by atoms with E-state index in [1.54, 1.807) is 11.8 Å². The Kier molecular flexibility index (Phi) is 4.25. The number of nitrogens with one attached hydrogen (secondary N) is 1. The number of thioether (sulfide) groups is 1. The summed E-state index contributed by atoms with van der Waals surface area (Å²) in [5, 5.41) is 2.69. The van der Waals surface area contributed by atoms with Crippen molar-refractivity contribution in [2.45, 2.75) is 23.8 Å². The molecule has 0 bridgehead atoms. The number of hydrogen-bond donors (Lipinski definition) is 1. The van der Waals surface area contributed by atoms with Crippen LogP contribution in [0.25, 0.3) is 0 Å². The molecule has 0 aliphatic carbocycles. The summed E-state index contributed by atoms with van der Waals surface area (Å²) in [5.74, 6) is -0.474. The second kappa shape index (κ2) is 5.91. The molecule has 1 aliphatic rings. The van der Waals surface area contributed by atoms with Gasteiger partial charge in [-0.2, -0.15) is 0 Å². The molecule has 0 radical (unpaired) electrons. The third-order valence-electron chi connectivity index (χ3n) is 2.77. The van der Waals surface area contributed by atoms with Gasteiger partial charge in [0.25, 0.3) is 0 Å². The maximum absolute atomic E-state index is 11.8. The van der Waals surface area contributed by atoms with Crippen LogP contribution in [-0.2, 0) is 20.7 Å². The second-order valence-electron chi connectivity index (χ2n) is 4.10. The first-order valence-electron chi connectivity index (χ1n) is 5.78. The van der Waals surface area contributed by atoms with Gasteiger partial charge in [0.15, 0.2) is 0 Å². The largest absolute Gasteiger partial charge is 0.464 e. The number of carbonyl (C=O) groups excluding carboxylic acids is 2. The first kappa shape index (κ1) is 13.0. The number of rotatable bonds is 4. The quantitative estimate of drug-likeness (QED) is 0.660. The molecule has 1 saturated heterocycles. The number of ether oxygens (including phenoxy) is 1. The van der Waals surface area contributed by atoms with E-state index < -0.39 is 6.04 Å². The molecule has 0 aromatic heterocycles. The lowest BCUT2D eigenvalue weighted by Gasteiger charge is -2.09. The van der Waals surface area contributed by atoms with Crippen LogP contribution in [0.15, 0.2) is 29.2 Å². The summed E-state index contributed by atoms with van der Waals surface area (Å²) < 4.78 is 4.80. The van der Waals surface area contributed by atoms with Gasteiger partial charge in [-0.25, -0.2) is 4.79 Å². The van der Waals surface area contributed by atoms with Crippen LogP contribution in [0.4, 0.5) is 0 Å².